The number of H-pyrrole nitrogens is 1. The summed E-state index contributed by atoms with van der Waals surface area (Å²) >= 11 is 1.47. The van der Waals surface area contributed by atoms with Crippen LogP contribution >= 0.6 is 11.3 Å². The van der Waals surface area contributed by atoms with Crippen LogP contribution in [-0.2, 0) is 12.0 Å². The number of hydrogen-bond donors (Lipinski definition) is 1. The number of nitrogens with one attached hydrogen (secondary N) is 1. The first-order valence-electron chi connectivity index (χ1n) is 9.20. The summed E-state index contributed by atoms with van der Waals surface area (Å²) in [6, 6.07) is 0. The van der Waals surface area contributed by atoms with Crippen molar-refractivity contribution in [3.63, 3.8) is 0 Å². The fourth-order valence-electron chi connectivity index (χ4n) is 4.31. The summed E-state index contributed by atoms with van der Waals surface area (Å²) in [6.45, 7) is 5.97. The number of likely N-dealkylation sites (tertiary alicyclic amines) is 1. The standard InChI is InChI=1S/C18H25N5OS/c1-2-3-7-23-8-4-14-16(20-12-19-14)18(23)5-9-22(10-6-18)17(24)15-11-25-13-21-15/h11-13H,2-10H2,1H3,(H,19,20). The van der Waals surface area contributed by atoms with Crippen molar-refractivity contribution in [1.82, 2.24) is 24.8 Å². The maximum atomic E-state index is 12.6. The summed E-state index contributed by atoms with van der Waals surface area (Å²) in [6.07, 6.45) is 7.19. The number of amides is 1. The van der Waals surface area contributed by atoms with Gasteiger partial charge in [-0.05, 0) is 25.8 Å². The molecule has 0 saturated carbocycles. The fourth-order valence-corrected chi connectivity index (χ4v) is 4.84. The summed E-state index contributed by atoms with van der Waals surface area (Å²) in [5.41, 5.74) is 4.79. The molecule has 1 fully saturated rings. The minimum atomic E-state index is -0.0123. The van der Waals surface area contributed by atoms with Crippen molar-refractivity contribution < 1.29 is 4.79 Å². The van der Waals surface area contributed by atoms with Crippen molar-refractivity contribution in [2.45, 2.75) is 44.6 Å². The molecular weight excluding hydrogens is 334 g/mol. The van der Waals surface area contributed by atoms with E-state index >= 15 is 0 Å². The van der Waals surface area contributed by atoms with Gasteiger partial charge in [0.1, 0.15) is 5.69 Å². The second-order valence-corrected chi connectivity index (χ2v) is 7.74. The van der Waals surface area contributed by atoms with Gasteiger partial charge in [0.15, 0.2) is 0 Å². The van der Waals surface area contributed by atoms with Crippen LogP contribution in [0.3, 0.4) is 0 Å². The zero-order valence-corrected chi connectivity index (χ0v) is 15.5. The van der Waals surface area contributed by atoms with Crippen LogP contribution < -0.4 is 0 Å². The summed E-state index contributed by atoms with van der Waals surface area (Å²) in [4.78, 5) is 29.4. The Kier molecular flexibility index (Phi) is 4.60. The number of carbonyl (C=O) groups excluding carboxylic acids is 1. The van der Waals surface area contributed by atoms with Gasteiger partial charge in [-0.2, -0.15) is 0 Å². The molecule has 1 N–H and O–H groups in total. The van der Waals surface area contributed by atoms with Gasteiger partial charge in [-0.25, -0.2) is 9.97 Å². The minimum Gasteiger partial charge on any atom is -0.348 e. The zero-order chi connectivity index (χ0) is 17.3. The van der Waals surface area contributed by atoms with E-state index in [1.165, 1.54) is 35.6 Å². The third-order valence-corrected chi connectivity index (χ3v) is 6.29. The predicted octanol–water partition coefficient (Wildman–Crippen LogP) is 2.66. The number of rotatable bonds is 4. The number of fused-ring (bicyclic) bond motifs is 2. The monoisotopic (exact) mass is 359 g/mol. The molecule has 4 heterocycles. The largest absolute Gasteiger partial charge is 0.348 e. The highest BCUT2D eigenvalue weighted by Gasteiger charge is 2.46. The summed E-state index contributed by atoms with van der Waals surface area (Å²) in [5, 5.41) is 1.84. The molecule has 2 aromatic rings. The van der Waals surface area contributed by atoms with Crippen molar-refractivity contribution in [1.29, 1.82) is 0 Å². The Labute approximate surface area is 152 Å². The number of imidazole rings is 1. The van der Waals surface area contributed by atoms with Crippen molar-refractivity contribution in [2.24, 2.45) is 0 Å². The molecule has 0 radical (unpaired) electrons. The van der Waals surface area contributed by atoms with Crippen LogP contribution in [0.25, 0.3) is 0 Å². The highest BCUT2D eigenvalue weighted by Crippen LogP contribution is 2.42. The highest BCUT2D eigenvalue weighted by molar-refractivity contribution is 7.07. The maximum absolute atomic E-state index is 12.6. The van der Waals surface area contributed by atoms with Crippen molar-refractivity contribution in [3.05, 3.63) is 34.3 Å². The predicted molar refractivity (Wildman–Crippen MR) is 97.7 cm³/mol. The lowest BCUT2D eigenvalue weighted by molar-refractivity contribution is 0.00616. The Morgan fingerprint density at radius 2 is 2.16 bits per heavy atom. The highest BCUT2D eigenvalue weighted by atomic mass is 32.1. The summed E-state index contributed by atoms with van der Waals surface area (Å²) in [7, 11) is 0. The van der Waals surface area contributed by atoms with Crippen LogP contribution in [0.1, 0.15) is 54.5 Å². The first-order valence-corrected chi connectivity index (χ1v) is 10.1. The molecule has 0 aromatic carbocycles. The van der Waals surface area contributed by atoms with Gasteiger partial charge in [-0.3, -0.25) is 9.69 Å². The van der Waals surface area contributed by atoms with Gasteiger partial charge < -0.3 is 9.88 Å². The number of nitrogens with zero attached hydrogens (tertiary/aromatic N) is 4. The van der Waals surface area contributed by atoms with E-state index in [9.17, 15) is 4.79 Å². The van der Waals surface area contributed by atoms with Crippen LogP contribution in [-0.4, -0.2) is 56.8 Å². The molecule has 134 valence electrons. The Balaban J connectivity index is 1.55. The molecule has 2 aromatic heterocycles. The van der Waals surface area contributed by atoms with Crippen molar-refractivity contribution in [3.8, 4) is 0 Å². The number of aromatic amines is 1. The summed E-state index contributed by atoms with van der Waals surface area (Å²) < 4.78 is 0. The zero-order valence-electron chi connectivity index (χ0n) is 14.7. The van der Waals surface area contributed by atoms with E-state index in [0.29, 0.717) is 5.69 Å². The molecule has 2 aliphatic heterocycles. The third kappa shape index (κ3) is 2.89. The third-order valence-electron chi connectivity index (χ3n) is 5.71. The maximum Gasteiger partial charge on any atom is 0.273 e. The molecule has 7 heteroatoms. The Hall–Kier alpha value is -1.73. The number of carbonyl (C=O) groups is 1. The molecule has 1 spiro atoms. The number of aromatic nitrogens is 3. The van der Waals surface area contributed by atoms with Gasteiger partial charge in [-0.1, -0.05) is 13.3 Å². The fraction of sp³-hybridized carbons (Fsp3) is 0.611. The first-order chi connectivity index (χ1) is 12.2. The van der Waals surface area contributed by atoms with Gasteiger partial charge in [0.05, 0.1) is 23.1 Å². The molecule has 0 aliphatic carbocycles. The van der Waals surface area contributed by atoms with E-state index in [-0.39, 0.29) is 11.4 Å². The molecule has 4 rings (SSSR count). The second kappa shape index (κ2) is 6.88. The van der Waals surface area contributed by atoms with Crippen LogP contribution in [0.5, 0.6) is 0 Å². The minimum absolute atomic E-state index is 0.0123. The second-order valence-electron chi connectivity index (χ2n) is 7.02. The molecule has 25 heavy (non-hydrogen) atoms. The van der Waals surface area contributed by atoms with Crippen LogP contribution in [0.15, 0.2) is 17.2 Å². The van der Waals surface area contributed by atoms with Gasteiger partial charge in [0.25, 0.3) is 5.91 Å². The van der Waals surface area contributed by atoms with E-state index in [0.717, 1.165) is 45.4 Å². The molecule has 1 saturated heterocycles. The van der Waals surface area contributed by atoms with E-state index in [2.05, 4.69) is 21.8 Å². The van der Waals surface area contributed by atoms with Crippen molar-refractivity contribution >= 4 is 17.2 Å². The first kappa shape index (κ1) is 16.7. The Bertz CT molecular complexity index is 718. The van der Waals surface area contributed by atoms with E-state index in [1.54, 1.807) is 5.51 Å². The average molecular weight is 359 g/mol. The normalized spacial score (nSPS) is 20.0. The molecular formula is C18H25N5OS. The van der Waals surface area contributed by atoms with E-state index in [4.69, 9.17) is 4.98 Å². The number of unbranched alkanes of at least 4 members (excludes halogenated alkanes) is 1. The van der Waals surface area contributed by atoms with Crippen LogP contribution in [0, 0.1) is 0 Å². The number of piperidine rings is 1. The van der Waals surface area contributed by atoms with Crippen LogP contribution in [0.4, 0.5) is 0 Å². The molecule has 0 bridgehead atoms. The SMILES string of the molecule is CCCCN1CCc2[nH]cnc2C12CCN(C(=O)c1cscn1)CC2. The Morgan fingerprint density at radius 3 is 2.88 bits per heavy atom. The lowest BCUT2D eigenvalue weighted by atomic mass is 9.78. The summed E-state index contributed by atoms with van der Waals surface area (Å²) in [5.74, 6) is 0.0641. The Morgan fingerprint density at radius 1 is 1.32 bits per heavy atom. The van der Waals surface area contributed by atoms with Crippen LogP contribution in [0.2, 0.25) is 0 Å². The molecule has 2 aliphatic rings. The van der Waals surface area contributed by atoms with Gasteiger partial charge in [0, 0.05) is 37.1 Å². The molecule has 6 nitrogen and oxygen atoms in total. The van der Waals surface area contributed by atoms with Gasteiger partial charge >= 0.3 is 0 Å². The van der Waals surface area contributed by atoms with E-state index < -0.39 is 0 Å². The van der Waals surface area contributed by atoms with Crippen molar-refractivity contribution in [2.75, 3.05) is 26.2 Å². The van der Waals surface area contributed by atoms with Gasteiger partial charge in [0.2, 0.25) is 0 Å². The lowest BCUT2D eigenvalue weighted by Crippen LogP contribution is -2.57. The average Bonchev–Trinajstić information content (AvgIpc) is 3.33. The smallest absolute Gasteiger partial charge is 0.273 e. The lowest BCUT2D eigenvalue weighted by Gasteiger charge is -2.50. The molecule has 0 unspecified atom stereocenters. The van der Waals surface area contributed by atoms with E-state index in [1.807, 2.05) is 16.6 Å². The topological polar surface area (TPSA) is 65.1 Å². The van der Waals surface area contributed by atoms with Gasteiger partial charge in [-0.15, -0.1) is 11.3 Å². The molecule has 1 amide bonds. The number of hydrogen-bond acceptors (Lipinski definition) is 5. The number of thiazole rings is 1. The molecule has 0 atom stereocenters. The quantitative estimate of drug-likeness (QED) is 0.911.